The molecule has 0 saturated heterocycles. The topological polar surface area (TPSA) is 93.1 Å². The monoisotopic (exact) mass is 438 g/mol. The first-order chi connectivity index (χ1) is 14.1. The lowest BCUT2D eigenvalue weighted by Crippen LogP contribution is -2.33. The van der Waals surface area contributed by atoms with Gasteiger partial charge in [0.1, 0.15) is 0 Å². The summed E-state index contributed by atoms with van der Waals surface area (Å²) in [6, 6.07) is 12.0. The Labute approximate surface area is 170 Å². The molecule has 2 N–H and O–H groups in total. The first-order valence-electron chi connectivity index (χ1n) is 8.67. The molecule has 1 aromatic heterocycles. The van der Waals surface area contributed by atoms with Gasteiger partial charge in [-0.3, -0.25) is 9.48 Å². The quantitative estimate of drug-likeness (QED) is 0.593. The molecular formula is C19H17F3N4O3S. The van der Waals surface area contributed by atoms with Crippen molar-refractivity contribution in [2.24, 2.45) is 0 Å². The highest BCUT2D eigenvalue weighted by molar-refractivity contribution is 7.89. The number of amides is 1. The Morgan fingerprint density at radius 3 is 2.43 bits per heavy atom. The zero-order valence-electron chi connectivity index (χ0n) is 15.4. The highest BCUT2D eigenvalue weighted by atomic mass is 32.2. The number of sulfonamides is 1. The number of alkyl halides is 3. The van der Waals surface area contributed by atoms with Crippen molar-refractivity contribution in [3.8, 4) is 0 Å². The predicted molar refractivity (Wildman–Crippen MR) is 103 cm³/mol. The van der Waals surface area contributed by atoms with E-state index in [0.29, 0.717) is 18.3 Å². The molecule has 3 aromatic rings. The van der Waals surface area contributed by atoms with E-state index in [2.05, 4.69) is 10.4 Å². The molecular weight excluding hydrogens is 421 g/mol. The minimum absolute atomic E-state index is 0.447. The van der Waals surface area contributed by atoms with E-state index in [4.69, 9.17) is 0 Å². The van der Waals surface area contributed by atoms with Gasteiger partial charge >= 0.3 is 6.18 Å². The largest absolute Gasteiger partial charge is 0.416 e. The summed E-state index contributed by atoms with van der Waals surface area (Å²) in [5, 5.41) is 6.61. The number of carbonyl (C=O) groups excluding carboxylic acids is 1. The average molecular weight is 438 g/mol. The number of rotatable bonds is 7. The van der Waals surface area contributed by atoms with Gasteiger partial charge in [-0.05, 0) is 42.0 Å². The molecule has 0 unspecified atom stereocenters. The van der Waals surface area contributed by atoms with E-state index in [-0.39, 0.29) is 0 Å². The standard InChI is InChI=1S/C19H17F3N4O3S/c20-19(21,22)15-3-1-4-17(11-15)30(28,29)24-12-18(27)25-16-7-5-14(6-8-16)13-26-10-2-9-23-26/h1-11,24H,12-13H2,(H,25,27). The molecule has 3 rings (SSSR count). The smallest absolute Gasteiger partial charge is 0.325 e. The van der Waals surface area contributed by atoms with Crippen LogP contribution >= 0.6 is 0 Å². The minimum atomic E-state index is -4.67. The summed E-state index contributed by atoms with van der Waals surface area (Å²) in [5.74, 6) is -0.662. The fourth-order valence-electron chi connectivity index (χ4n) is 2.56. The highest BCUT2D eigenvalue weighted by Crippen LogP contribution is 2.30. The molecule has 2 aromatic carbocycles. The molecule has 0 aliphatic rings. The van der Waals surface area contributed by atoms with Crippen LogP contribution in [0.4, 0.5) is 18.9 Å². The second-order valence-corrected chi connectivity index (χ2v) is 8.07. The summed E-state index contributed by atoms with van der Waals surface area (Å²) in [5.41, 5.74) is 0.300. The molecule has 0 saturated carbocycles. The molecule has 1 amide bonds. The predicted octanol–water partition coefficient (Wildman–Crippen LogP) is 2.87. The number of benzene rings is 2. The van der Waals surface area contributed by atoms with E-state index >= 15 is 0 Å². The van der Waals surface area contributed by atoms with Crippen LogP contribution in [-0.4, -0.2) is 30.7 Å². The molecule has 0 fully saturated rings. The number of hydrogen-bond acceptors (Lipinski definition) is 4. The van der Waals surface area contributed by atoms with Crippen molar-refractivity contribution in [1.29, 1.82) is 0 Å². The summed E-state index contributed by atoms with van der Waals surface area (Å²) < 4.78 is 66.4. The number of nitrogens with zero attached hydrogens (tertiary/aromatic N) is 2. The van der Waals surface area contributed by atoms with E-state index in [0.717, 1.165) is 23.8 Å². The van der Waals surface area contributed by atoms with E-state index < -0.39 is 39.1 Å². The van der Waals surface area contributed by atoms with Crippen LogP contribution in [0.25, 0.3) is 0 Å². The fraction of sp³-hybridized carbons (Fsp3) is 0.158. The van der Waals surface area contributed by atoms with Gasteiger partial charge in [-0.15, -0.1) is 0 Å². The molecule has 30 heavy (non-hydrogen) atoms. The third kappa shape index (κ3) is 5.67. The zero-order chi connectivity index (χ0) is 21.8. The van der Waals surface area contributed by atoms with E-state index in [1.165, 1.54) is 0 Å². The lowest BCUT2D eigenvalue weighted by Gasteiger charge is -2.11. The molecule has 0 radical (unpaired) electrons. The first kappa shape index (κ1) is 21.5. The Balaban J connectivity index is 1.57. The second kappa shape index (κ2) is 8.67. The number of aromatic nitrogens is 2. The highest BCUT2D eigenvalue weighted by Gasteiger charge is 2.31. The summed E-state index contributed by atoms with van der Waals surface area (Å²) >= 11 is 0. The normalized spacial score (nSPS) is 12.0. The number of carbonyl (C=O) groups is 1. The molecule has 0 spiro atoms. The lowest BCUT2D eigenvalue weighted by molar-refractivity contribution is -0.137. The van der Waals surface area contributed by atoms with Gasteiger partial charge < -0.3 is 5.32 Å². The molecule has 0 bridgehead atoms. The molecule has 0 aliphatic heterocycles. The number of halogens is 3. The third-order valence-electron chi connectivity index (χ3n) is 4.04. The minimum Gasteiger partial charge on any atom is -0.325 e. The van der Waals surface area contributed by atoms with Crippen LogP contribution in [0.5, 0.6) is 0 Å². The maximum absolute atomic E-state index is 12.8. The molecule has 11 heteroatoms. The van der Waals surface area contributed by atoms with Crippen LogP contribution in [0.1, 0.15) is 11.1 Å². The van der Waals surface area contributed by atoms with Crippen molar-refractivity contribution in [2.75, 3.05) is 11.9 Å². The van der Waals surface area contributed by atoms with Gasteiger partial charge in [0.15, 0.2) is 0 Å². The maximum Gasteiger partial charge on any atom is 0.416 e. The lowest BCUT2D eigenvalue weighted by atomic mass is 10.2. The fourth-order valence-corrected chi connectivity index (χ4v) is 3.59. The Morgan fingerprint density at radius 1 is 1.07 bits per heavy atom. The Kier molecular flexibility index (Phi) is 6.22. The van der Waals surface area contributed by atoms with Crippen molar-refractivity contribution in [3.05, 3.63) is 78.1 Å². The second-order valence-electron chi connectivity index (χ2n) is 6.30. The van der Waals surface area contributed by atoms with E-state index in [9.17, 15) is 26.4 Å². The molecule has 158 valence electrons. The van der Waals surface area contributed by atoms with Gasteiger partial charge in [-0.25, -0.2) is 13.1 Å². The zero-order valence-corrected chi connectivity index (χ0v) is 16.2. The summed E-state index contributed by atoms with van der Waals surface area (Å²) in [4.78, 5) is 11.4. The molecule has 0 atom stereocenters. The van der Waals surface area contributed by atoms with Crippen LogP contribution in [0, 0.1) is 0 Å². The molecule has 0 aliphatic carbocycles. The van der Waals surface area contributed by atoms with Gasteiger partial charge in [-0.1, -0.05) is 18.2 Å². The van der Waals surface area contributed by atoms with Gasteiger partial charge in [0.25, 0.3) is 0 Å². The SMILES string of the molecule is O=C(CNS(=O)(=O)c1cccc(C(F)(F)F)c1)Nc1ccc(Cn2cccn2)cc1. The Morgan fingerprint density at radius 2 is 1.80 bits per heavy atom. The van der Waals surface area contributed by atoms with Crippen molar-refractivity contribution in [3.63, 3.8) is 0 Å². The third-order valence-corrected chi connectivity index (χ3v) is 5.43. The van der Waals surface area contributed by atoms with Gasteiger partial charge in [0.2, 0.25) is 15.9 Å². The van der Waals surface area contributed by atoms with Crippen LogP contribution in [-0.2, 0) is 27.5 Å². The molecule has 1 heterocycles. The first-order valence-corrected chi connectivity index (χ1v) is 10.1. The number of hydrogen-bond donors (Lipinski definition) is 2. The van der Waals surface area contributed by atoms with Crippen molar-refractivity contribution in [1.82, 2.24) is 14.5 Å². The van der Waals surface area contributed by atoms with E-state index in [1.54, 1.807) is 41.2 Å². The number of nitrogens with one attached hydrogen (secondary N) is 2. The van der Waals surface area contributed by atoms with Crippen molar-refractivity contribution >= 4 is 21.6 Å². The van der Waals surface area contributed by atoms with Crippen LogP contribution in [0.3, 0.4) is 0 Å². The number of anilines is 1. The van der Waals surface area contributed by atoms with Crippen LogP contribution in [0.15, 0.2) is 71.9 Å². The summed E-state index contributed by atoms with van der Waals surface area (Å²) in [6.45, 7) is -0.0777. The van der Waals surface area contributed by atoms with Gasteiger partial charge in [0.05, 0.1) is 23.5 Å². The van der Waals surface area contributed by atoms with E-state index in [1.807, 2.05) is 10.9 Å². The average Bonchev–Trinajstić information content (AvgIpc) is 3.21. The van der Waals surface area contributed by atoms with Crippen molar-refractivity contribution in [2.45, 2.75) is 17.6 Å². The van der Waals surface area contributed by atoms with Crippen LogP contribution in [0.2, 0.25) is 0 Å². The summed E-state index contributed by atoms with van der Waals surface area (Å²) in [6.07, 6.45) is -1.20. The maximum atomic E-state index is 12.8. The summed E-state index contributed by atoms with van der Waals surface area (Å²) in [7, 11) is -4.29. The molecule has 7 nitrogen and oxygen atoms in total. The van der Waals surface area contributed by atoms with Crippen molar-refractivity contribution < 1.29 is 26.4 Å². The Bertz CT molecular complexity index is 1110. The van der Waals surface area contributed by atoms with Gasteiger partial charge in [-0.2, -0.15) is 18.3 Å². The van der Waals surface area contributed by atoms with Gasteiger partial charge in [0, 0.05) is 18.1 Å². The van der Waals surface area contributed by atoms with Crippen LogP contribution < -0.4 is 10.0 Å². The Hall–Kier alpha value is -3.18.